The van der Waals surface area contributed by atoms with Crippen molar-refractivity contribution in [1.82, 2.24) is 4.90 Å². The molecule has 0 unspecified atom stereocenters. The van der Waals surface area contributed by atoms with Crippen molar-refractivity contribution in [3.8, 4) is 11.5 Å². The molecular weight excluding hydrogens is 594 g/mol. The van der Waals surface area contributed by atoms with Crippen LogP contribution >= 0.6 is 27.7 Å². The van der Waals surface area contributed by atoms with E-state index >= 15 is 0 Å². The predicted octanol–water partition coefficient (Wildman–Crippen LogP) is 6.48. The van der Waals surface area contributed by atoms with Crippen molar-refractivity contribution in [2.45, 2.75) is 20.1 Å². The van der Waals surface area contributed by atoms with Gasteiger partial charge < -0.3 is 9.47 Å². The van der Waals surface area contributed by atoms with E-state index in [-0.39, 0.29) is 35.0 Å². The van der Waals surface area contributed by atoms with Gasteiger partial charge in [0.15, 0.2) is 11.5 Å². The first kappa shape index (κ1) is 27.8. The standard InChI is InChI=1S/C26H20BrN3O8S/c1-2-37-22-12-17(11-20(27)24(22)38-15-16-7-9-19(10-8-16)29(33)34)13-23-25(31)28(26(32)39-23)14-18-5-3-4-6-21(18)30(35)36/h3-13H,2,14-15H2,1H3/b23-13-. The van der Waals surface area contributed by atoms with Crippen LogP contribution < -0.4 is 9.47 Å². The highest BCUT2D eigenvalue weighted by atomic mass is 79.9. The third-order valence-corrected chi connectivity index (χ3v) is 7.05. The number of hydrogen-bond donors (Lipinski definition) is 0. The summed E-state index contributed by atoms with van der Waals surface area (Å²) in [5.41, 5.74) is 1.33. The molecule has 13 heteroatoms. The summed E-state index contributed by atoms with van der Waals surface area (Å²) < 4.78 is 12.2. The largest absolute Gasteiger partial charge is 0.490 e. The number of halogens is 1. The van der Waals surface area contributed by atoms with Crippen LogP contribution in [0.3, 0.4) is 0 Å². The lowest BCUT2D eigenvalue weighted by Gasteiger charge is -2.15. The number of nitro groups is 2. The van der Waals surface area contributed by atoms with Gasteiger partial charge >= 0.3 is 0 Å². The zero-order valence-corrected chi connectivity index (χ0v) is 22.8. The maximum atomic E-state index is 13.0. The molecule has 0 bridgehead atoms. The summed E-state index contributed by atoms with van der Waals surface area (Å²) in [4.78, 5) is 47.9. The second-order valence-corrected chi connectivity index (χ2v) is 9.98. The number of carbonyl (C=O) groups excluding carboxylic acids is 2. The van der Waals surface area contributed by atoms with Gasteiger partial charge in [-0.25, -0.2) is 0 Å². The third kappa shape index (κ3) is 6.44. The fourth-order valence-corrected chi connectivity index (χ4v) is 5.14. The van der Waals surface area contributed by atoms with E-state index in [9.17, 15) is 29.8 Å². The highest BCUT2D eigenvalue weighted by Crippen LogP contribution is 2.40. The van der Waals surface area contributed by atoms with E-state index in [4.69, 9.17) is 9.47 Å². The van der Waals surface area contributed by atoms with Crippen molar-refractivity contribution in [1.29, 1.82) is 0 Å². The number of imide groups is 1. The third-order valence-electron chi connectivity index (χ3n) is 5.55. The van der Waals surface area contributed by atoms with Crippen molar-refractivity contribution in [2.75, 3.05) is 6.61 Å². The molecule has 11 nitrogen and oxygen atoms in total. The number of rotatable bonds is 10. The van der Waals surface area contributed by atoms with E-state index in [0.717, 1.165) is 16.7 Å². The predicted molar refractivity (Wildman–Crippen MR) is 147 cm³/mol. The Balaban J connectivity index is 1.55. The number of nitrogens with zero attached hydrogens (tertiary/aromatic N) is 3. The number of carbonyl (C=O) groups is 2. The molecule has 0 aromatic heterocycles. The molecule has 0 radical (unpaired) electrons. The molecule has 1 heterocycles. The minimum absolute atomic E-state index is 0.0225. The van der Waals surface area contributed by atoms with Gasteiger partial charge in [0, 0.05) is 23.8 Å². The van der Waals surface area contributed by atoms with E-state index in [1.807, 2.05) is 0 Å². The van der Waals surface area contributed by atoms with Crippen LogP contribution in [0.25, 0.3) is 6.08 Å². The summed E-state index contributed by atoms with van der Waals surface area (Å²) in [5.74, 6) is 0.228. The van der Waals surface area contributed by atoms with Gasteiger partial charge in [-0.1, -0.05) is 18.2 Å². The molecule has 1 aliphatic heterocycles. The molecule has 0 saturated carbocycles. The molecule has 1 fully saturated rings. The molecule has 39 heavy (non-hydrogen) atoms. The normalized spacial score (nSPS) is 14.1. The van der Waals surface area contributed by atoms with Gasteiger partial charge in [0.1, 0.15) is 6.61 Å². The molecule has 1 aliphatic rings. The number of ether oxygens (including phenoxy) is 2. The van der Waals surface area contributed by atoms with Crippen LogP contribution in [0.5, 0.6) is 11.5 Å². The van der Waals surface area contributed by atoms with Crippen LogP contribution in [0.4, 0.5) is 16.2 Å². The Morgan fingerprint density at radius 1 is 1.00 bits per heavy atom. The minimum Gasteiger partial charge on any atom is -0.490 e. The van der Waals surface area contributed by atoms with Crippen molar-refractivity contribution < 1.29 is 28.9 Å². The lowest BCUT2D eigenvalue weighted by atomic mass is 10.1. The van der Waals surface area contributed by atoms with Crippen LogP contribution in [0.15, 0.2) is 70.0 Å². The van der Waals surface area contributed by atoms with E-state index in [1.165, 1.54) is 36.4 Å². The average Bonchev–Trinajstić information content (AvgIpc) is 3.16. The van der Waals surface area contributed by atoms with Gasteiger partial charge in [-0.3, -0.25) is 34.7 Å². The molecule has 200 valence electrons. The Morgan fingerprint density at radius 3 is 2.38 bits per heavy atom. The number of amides is 2. The average molecular weight is 614 g/mol. The van der Waals surface area contributed by atoms with Crippen LogP contribution in [-0.2, 0) is 17.9 Å². The number of non-ortho nitro benzene ring substituents is 1. The number of benzene rings is 3. The van der Waals surface area contributed by atoms with E-state index in [2.05, 4.69) is 15.9 Å². The molecule has 0 spiro atoms. The van der Waals surface area contributed by atoms with E-state index in [1.54, 1.807) is 37.3 Å². The Hall–Kier alpha value is -4.23. The molecule has 0 atom stereocenters. The monoisotopic (exact) mass is 613 g/mol. The Labute approximate surface area is 234 Å². The summed E-state index contributed by atoms with van der Waals surface area (Å²) in [5, 5.41) is 21.7. The van der Waals surface area contributed by atoms with Crippen LogP contribution in [0.2, 0.25) is 0 Å². The smallest absolute Gasteiger partial charge is 0.293 e. The number of hydrogen-bond acceptors (Lipinski definition) is 9. The van der Waals surface area contributed by atoms with Gasteiger partial charge in [0.05, 0.1) is 32.4 Å². The molecule has 2 amide bonds. The fourth-order valence-electron chi connectivity index (χ4n) is 3.72. The topological polar surface area (TPSA) is 142 Å². The summed E-state index contributed by atoms with van der Waals surface area (Å²) in [7, 11) is 0. The first-order chi connectivity index (χ1) is 18.7. The molecule has 3 aromatic rings. The molecule has 1 saturated heterocycles. The molecule has 0 aliphatic carbocycles. The van der Waals surface area contributed by atoms with Crippen molar-refractivity contribution in [3.05, 3.63) is 107 Å². The Bertz CT molecular complexity index is 1490. The zero-order valence-electron chi connectivity index (χ0n) is 20.4. The number of para-hydroxylation sites is 1. The van der Waals surface area contributed by atoms with Crippen molar-refractivity contribution in [2.24, 2.45) is 0 Å². The summed E-state index contributed by atoms with van der Waals surface area (Å²) in [6, 6.07) is 15.3. The van der Waals surface area contributed by atoms with Gasteiger partial charge in [0.2, 0.25) is 0 Å². The fraction of sp³-hybridized carbons (Fsp3) is 0.154. The lowest BCUT2D eigenvalue weighted by molar-refractivity contribution is -0.385. The van der Waals surface area contributed by atoms with Gasteiger partial charge in [0.25, 0.3) is 22.5 Å². The van der Waals surface area contributed by atoms with Crippen molar-refractivity contribution in [3.63, 3.8) is 0 Å². The SMILES string of the molecule is CCOc1cc(/C=C2\SC(=O)N(Cc3ccccc3[N+](=O)[O-])C2=O)cc(Br)c1OCc1ccc([N+](=O)[O-])cc1. The first-order valence-electron chi connectivity index (χ1n) is 11.5. The van der Waals surface area contributed by atoms with Crippen LogP contribution in [0.1, 0.15) is 23.6 Å². The van der Waals surface area contributed by atoms with Gasteiger partial charge in [-0.15, -0.1) is 0 Å². The Kier molecular flexibility index (Phi) is 8.62. The summed E-state index contributed by atoms with van der Waals surface area (Å²) in [6.45, 7) is 2.04. The first-order valence-corrected chi connectivity index (χ1v) is 13.1. The summed E-state index contributed by atoms with van der Waals surface area (Å²) in [6.07, 6.45) is 1.54. The number of nitro benzene ring substituents is 2. The molecule has 3 aromatic carbocycles. The molecule has 4 rings (SSSR count). The lowest BCUT2D eigenvalue weighted by Crippen LogP contribution is -2.27. The number of thioether (sulfide) groups is 1. The quantitative estimate of drug-likeness (QED) is 0.142. The van der Waals surface area contributed by atoms with Gasteiger partial charge in [-0.05, 0) is 76.1 Å². The molecular formula is C26H20BrN3O8S. The minimum atomic E-state index is -0.560. The van der Waals surface area contributed by atoms with E-state index in [0.29, 0.717) is 33.7 Å². The van der Waals surface area contributed by atoms with E-state index < -0.39 is 21.0 Å². The zero-order chi connectivity index (χ0) is 28.1. The molecule has 0 N–H and O–H groups in total. The van der Waals surface area contributed by atoms with Crippen molar-refractivity contribution >= 4 is 56.3 Å². The van der Waals surface area contributed by atoms with Gasteiger partial charge in [-0.2, -0.15) is 0 Å². The highest BCUT2D eigenvalue weighted by Gasteiger charge is 2.36. The maximum Gasteiger partial charge on any atom is 0.293 e. The second-order valence-electron chi connectivity index (χ2n) is 8.13. The Morgan fingerprint density at radius 2 is 1.72 bits per heavy atom. The van der Waals surface area contributed by atoms with Crippen LogP contribution in [0, 0.1) is 20.2 Å². The second kappa shape index (κ2) is 12.1. The maximum absolute atomic E-state index is 13.0. The highest BCUT2D eigenvalue weighted by molar-refractivity contribution is 9.10. The summed E-state index contributed by atoms with van der Waals surface area (Å²) >= 11 is 4.21. The van der Waals surface area contributed by atoms with Crippen LogP contribution in [-0.4, -0.2) is 32.5 Å².